The third-order valence-electron chi connectivity index (χ3n) is 4.57. The smallest absolute Gasteiger partial charge is 0.323 e. The first-order chi connectivity index (χ1) is 13.7. The monoisotopic (exact) mass is 424 g/mol. The van der Waals surface area contributed by atoms with Crippen LogP contribution < -0.4 is 5.32 Å². The molecule has 0 fully saturated rings. The van der Waals surface area contributed by atoms with E-state index in [0.29, 0.717) is 11.3 Å². The summed E-state index contributed by atoms with van der Waals surface area (Å²) in [6.07, 6.45) is -0.901. The minimum atomic E-state index is -4.46. The quantitative estimate of drug-likeness (QED) is 0.535. The van der Waals surface area contributed by atoms with Crippen LogP contribution in [0.25, 0.3) is 6.08 Å². The number of anilines is 1. The van der Waals surface area contributed by atoms with Gasteiger partial charge >= 0.3 is 6.18 Å². The number of benzene rings is 2. The van der Waals surface area contributed by atoms with E-state index in [4.69, 9.17) is 11.6 Å². The van der Waals surface area contributed by atoms with Crippen molar-refractivity contribution in [3.8, 4) is 0 Å². The molecule has 0 spiro atoms. The number of nitrogens with one attached hydrogen (secondary N) is 1. The minimum absolute atomic E-state index is 0.0681. The number of alkyl halides is 3. The van der Waals surface area contributed by atoms with Crippen LogP contribution in [-0.4, -0.2) is 30.4 Å². The van der Waals surface area contributed by atoms with E-state index in [0.717, 1.165) is 38.2 Å². The molecule has 2 aromatic carbocycles. The molecule has 156 valence electrons. The summed E-state index contributed by atoms with van der Waals surface area (Å²) in [5.74, 6) is -0.392. The lowest BCUT2D eigenvalue weighted by atomic mass is 10.1. The van der Waals surface area contributed by atoms with E-state index < -0.39 is 17.6 Å². The molecule has 0 atom stereocenters. The summed E-state index contributed by atoms with van der Waals surface area (Å²) in [5, 5.41) is 2.65. The zero-order valence-electron chi connectivity index (χ0n) is 16.4. The van der Waals surface area contributed by atoms with Crippen molar-refractivity contribution in [3.05, 3.63) is 70.3 Å². The van der Waals surface area contributed by atoms with E-state index in [-0.39, 0.29) is 5.02 Å². The van der Waals surface area contributed by atoms with Crippen molar-refractivity contribution >= 4 is 29.3 Å². The van der Waals surface area contributed by atoms with Gasteiger partial charge in [-0.2, -0.15) is 13.2 Å². The molecule has 0 heterocycles. The first kappa shape index (κ1) is 23.0. The molecule has 1 amide bonds. The predicted octanol–water partition coefficient (Wildman–Crippen LogP) is 5.90. The number of hydrogen-bond acceptors (Lipinski definition) is 2. The highest BCUT2D eigenvalue weighted by atomic mass is 35.5. The third-order valence-corrected chi connectivity index (χ3v) is 4.90. The number of likely N-dealkylation sites (N-methyl/N-ethyl adjacent to an activating group) is 1. The summed E-state index contributed by atoms with van der Waals surface area (Å²) in [4.78, 5) is 14.4. The normalized spacial score (nSPS) is 12.0. The molecule has 0 bridgehead atoms. The molecule has 0 saturated heterocycles. The fourth-order valence-electron chi connectivity index (χ4n) is 2.77. The zero-order chi connectivity index (χ0) is 21.4. The van der Waals surface area contributed by atoms with E-state index in [9.17, 15) is 18.0 Å². The lowest BCUT2D eigenvalue weighted by molar-refractivity contribution is -0.137. The largest absolute Gasteiger partial charge is 0.416 e. The van der Waals surface area contributed by atoms with Crippen LogP contribution in [0.2, 0.25) is 5.02 Å². The fourth-order valence-corrected chi connectivity index (χ4v) is 3.01. The first-order valence-electron chi connectivity index (χ1n) is 9.40. The van der Waals surface area contributed by atoms with Gasteiger partial charge in [-0.1, -0.05) is 43.6 Å². The number of rotatable bonds is 8. The lowest BCUT2D eigenvalue weighted by Gasteiger charge is -2.17. The Kier molecular flexibility index (Phi) is 8.29. The number of nitrogens with zero attached hydrogens (tertiary/aromatic N) is 1. The Balaban J connectivity index is 1.93. The molecule has 0 aliphatic heterocycles. The number of halogens is 4. The second-order valence-corrected chi connectivity index (χ2v) is 6.94. The van der Waals surface area contributed by atoms with Crippen molar-refractivity contribution in [2.45, 2.75) is 26.4 Å². The van der Waals surface area contributed by atoms with Gasteiger partial charge in [-0.15, -0.1) is 0 Å². The average Bonchev–Trinajstić information content (AvgIpc) is 2.68. The molecule has 2 rings (SSSR count). The molecular formula is C22H24ClF3N2O. The molecule has 0 aliphatic rings. The molecule has 2 aromatic rings. The molecule has 1 N–H and O–H groups in total. The van der Waals surface area contributed by atoms with Gasteiger partial charge in [-0.25, -0.2) is 0 Å². The van der Waals surface area contributed by atoms with Gasteiger partial charge in [0.05, 0.1) is 5.56 Å². The van der Waals surface area contributed by atoms with Gasteiger partial charge in [-0.05, 0) is 61.0 Å². The van der Waals surface area contributed by atoms with Crippen LogP contribution in [0.5, 0.6) is 0 Å². The topological polar surface area (TPSA) is 32.3 Å². The SMILES string of the molecule is CCN(CC)CCc1ccc(NC(=O)/C=C/c2ccc(C(F)(F)F)cc2Cl)cc1. The Morgan fingerprint density at radius 1 is 1.10 bits per heavy atom. The Labute approximate surface area is 174 Å². The van der Waals surface area contributed by atoms with Gasteiger partial charge in [-0.3, -0.25) is 4.79 Å². The number of hydrogen-bond donors (Lipinski definition) is 1. The highest BCUT2D eigenvalue weighted by molar-refractivity contribution is 6.32. The van der Waals surface area contributed by atoms with E-state index in [1.165, 1.54) is 23.8 Å². The molecule has 0 radical (unpaired) electrons. The summed E-state index contributed by atoms with van der Waals surface area (Å²) in [5.41, 5.74) is 1.33. The van der Waals surface area contributed by atoms with Crippen LogP contribution in [-0.2, 0) is 17.4 Å². The molecule has 29 heavy (non-hydrogen) atoms. The van der Waals surface area contributed by atoms with Crippen molar-refractivity contribution in [1.29, 1.82) is 0 Å². The maximum Gasteiger partial charge on any atom is 0.416 e. The summed E-state index contributed by atoms with van der Waals surface area (Å²) >= 11 is 5.88. The molecule has 0 saturated carbocycles. The van der Waals surface area contributed by atoms with Crippen LogP contribution in [0.1, 0.15) is 30.5 Å². The van der Waals surface area contributed by atoms with Crippen LogP contribution in [0.4, 0.5) is 18.9 Å². The number of carbonyl (C=O) groups excluding carboxylic acids is 1. The van der Waals surface area contributed by atoms with Crippen LogP contribution in [0.15, 0.2) is 48.5 Å². The molecule has 0 aromatic heterocycles. The minimum Gasteiger partial charge on any atom is -0.323 e. The van der Waals surface area contributed by atoms with E-state index in [2.05, 4.69) is 24.1 Å². The molecule has 3 nitrogen and oxygen atoms in total. The average molecular weight is 425 g/mol. The Morgan fingerprint density at radius 3 is 2.31 bits per heavy atom. The fraction of sp³-hybridized carbons (Fsp3) is 0.318. The molecule has 0 aliphatic carbocycles. The molecule has 0 unspecified atom stereocenters. The molecule has 7 heteroatoms. The van der Waals surface area contributed by atoms with Gasteiger partial charge in [0, 0.05) is 23.3 Å². The van der Waals surface area contributed by atoms with E-state index >= 15 is 0 Å². The van der Waals surface area contributed by atoms with Gasteiger partial charge < -0.3 is 10.2 Å². The maximum absolute atomic E-state index is 12.7. The second kappa shape index (κ2) is 10.5. The second-order valence-electron chi connectivity index (χ2n) is 6.53. The van der Waals surface area contributed by atoms with Gasteiger partial charge in [0.2, 0.25) is 5.91 Å². The number of carbonyl (C=O) groups is 1. The third kappa shape index (κ3) is 7.22. The Bertz CT molecular complexity index is 844. The van der Waals surface area contributed by atoms with Gasteiger partial charge in [0.15, 0.2) is 0 Å². The first-order valence-corrected chi connectivity index (χ1v) is 9.77. The predicted molar refractivity (Wildman–Crippen MR) is 112 cm³/mol. The van der Waals surface area contributed by atoms with Gasteiger partial charge in [0.25, 0.3) is 0 Å². The molecular weight excluding hydrogens is 401 g/mol. The van der Waals surface area contributed by atoms with Gasteiger partial charge in [0.1, 0.15) is 0 Å². The van der Waals surface area contributed by atoms with Crippen molar-refractivity contribution in [2.24, 2.45) is 0 Å². The summed E-state index contributed by atoms with van der Waals surface area (Å²) < 4.78 is 38.0. The number of amides is 1. The lowest BCUT2D eigenvalue weighted by Crippen LogP contribution is -2.25. The maximum atomic E-state index is 12.7. The Morgan fingerprint density at radius 2 is 1.76 bits per heavy atom. The van der Waals surface area contributed by atoms with Crippen molar-refractivity contribution < 1.29 is 18.0 Å². The summed E-state index contributed by atoms with van der Waals surface area (Å²) in [7, 11) is 0. The van der Waals surface area contributed by atoms with Crippen LogP contribution in [0.3, 0.4) is 0 Å². The van der Waals surface area contributed by atoms with E-state index in [1.54, 1.807) is 0 Å². The van der Waals surface area contributed by atoms with Crippen LogP contribution >= 0.6 is 11.6 Å². The van der Waals surface area contributed by atoms with Crippen molar-refractivity contribution in [1.82, 2.24) is 4.90 Å². The van der Waals surface area contributed by atoms with E-state index in [1.807, 2.05) is 24.3 Å². The van der Waals surface area contributed by atoms with Crippen LogP contribution in [0, 0.1) is 0 Å². The standard InChI is InChI=1S/C22H24ClF3N2O/c1-3-28(4-2)14-13-16-5-10-19(11-6-16)27-21(29)12-8-17-7-9-18(15-20(17)23)22(24,25)26/h5-12,15H,3-4,13-14H2,1-2H3,(H,27,29)/b12-8+. The highest BCUT2D eigenvalue weighted by Gasteiger charge is 2.30. The summed E-state index contributed by atoms with van der Waals surface area (Å²) in [6.45, 7) is 7.27. The Hall–Kier alpha value is -2.31. The summed E-state index contributed by atoms with van der Waals surface area (Å²) in [6, 6.07) is 10.6. The van der Waals surface area contributed by atoms with Crippen molar-refractivity contribution in [2.75, 3.05) is 25.0 Å². The highest BCUT2D eigenvalue weighted by Crippen LogP contribution is 2.32. The van der Waals surface area contributed by atoms with Crippen molar-refractivity contribution in [3.63, 3.8) is 0 Å². The zero-order valence-corrected chi connectivity index (χ0v) is 17.1.